The van der Waals surface area contributed by atoms with E-state index in [2.05, 4.69) is 106 Å². The Bertz CT molecular complexity index is 1990. The number of imidazole rings is 1. The number of para-hydroxylation sites is 4. The molecule has 0 spiro atoms. The van der Waals surface area contributed by atoms with Crippen LogP contribution in [0.15, 0.2) is 115 Å². The zero-order valence-corrected chi connectivity index (χ0v) is 20.5. The maximum Gasteiger partial charge on any atom is 0.140 e. The Labute approximate surface area is 219 Å². The summed E-state index contributed by atoms with van der Waals surface area (Å²) in [5, 5.41) is 4.85. The molecule has 0 amide bonds. The topological polar surface area (TPSA) is 58.0 Å². The second-order valence-corrected chi connectivity index (χ2v) is 9.68. The highest BCUT2D eigenvalue weighted by Crippen LogP contribution is 2.38. The van der Waals surface area contributed by atoms with Crippen molar-refractivity contribution in [1.29, 1.82) is 0 Å². The number of nitrogens with one attached hydrogen (secondary N) is 2. The molecule has 5 heterocycles. The van der Waals surface area contributed by atoms with E-state index < -0.39 is 0 Å². The predicted octanol–water partition coefficient (Wildman–Crippen LogP) is 7.88. The molecule has 3 aromatic carbocycles. The van der Waals surface area contributed by atoms with Gasteiger partial charge in [0.05, 0.1) is 34.0 Å². The SMILES string of the molecule is C1=CC(c2cccc3cc(-c4nc5ccccc5[nH]4)c(-c4ccc5ccccc5n4)n23)Nc2ccccc21. The first-order valence-corrected chi connectivity index (χ1v) is 12.8. The average Bonchev–Trinajstić information content (AvgIpc) is 3.58. The molecule has 0 radical (unpaired) electrons. The van der Waals surface area contributed by atoms with Crippen molar-refractivity contribution in [3.63, 3.8) is 0 Å². The monoisotopic (exact) mass is 489 g/mol. The summed E-state index contributed by atoms with van der Waals surface area (Å²) in [6.07, 6.45) is 4.43. The van der Waals surface area contributed by atoms with Crippen LogP contribution in [0.2, 0.25) is 0 Å². The molecular formula is C33H23N5. The van der Waals surface area contributed by atoms with Crippen LogP contribution in [0.4, 0.5) is 5.69 Å². The number of rotatable bonds is 3. The van der Waals surface area contributed by atoms with Crippen LogP contribution in [0, 0.1) is 0 Å². The fourth-order valence-electron chi connectivity index (χ4n) is 5.57. The van der Waals surface area contributed by atoms with Crippen LogP contribution >= 0.6 is 0 Å². The van der Waals surface area contributed by atoms with Crippen molar-refractivity contribution in [3.8, 4) is 22.8 Å². The van der Waals surface area contributed by atoms with Crippen LogP contribution in [0.1, 0.15) is 17.3 Å². The summed E-state index contributed by atoms with van der Waals surface area (Å²) < 4.78 is 2.33. The summed E-state index contributed by atoms with van der Waals surface area (Å²) in [7, 11) is 0. The minimum atomic E-state index is 0.00345. The Morgan fingerprint density at radius 3 is 2.50 bits per heavy atom. The van der Waals surface area contributed by atoms with Gasteiger partial charge in [0.25, 0.3) is 0 Å². The summed E-state index contributed by atoms with van der Waals surface area (Å²) in [6.45, 7) is 0. The number of fused-ring (bicyclic) bond motifs is 4. The van der Waals surface area contributed by atoms with Crippen molar-refractivity contribution in [1.82, 2.24) is 19.4 Å². The number of hydrogen-bond acceptors (Lipinski definition) is 3. The van der Waals surface area contributed by atoms with E-state index in [0.29, 0.717) is 0 Å². The molecule has 0 fully saturated rings. The third-order valence-electron chi connectivity index (χ3n) is 7.37. The van der Waals surface area contributed by atoms with Crippen LogP contribution in [0.3, 0.4) is 0 Å². The number of anilines is 1. The Kier molecular flexibility index (Phi) is 4.52. The Balaban J connectivity index is 1.40. The maximum atomic E-state index is 5.13. The Morgan fingerprint density at radius 2 is 1.55 bits per heavy atom. The number of pyridine rings is 2. The molecule has 8 rings (SSSR count). The van der Waals surface area contributed by atoms with Gasteiger partial charge in [-0.1, -0.05) is 72.8 Å². The number of H-pyrrole nitrogens is 1. The molecule has 5 heteroatoms. The first-order chi connectivity index (χ1) is 18.8. The van der Waals surface area contributed by atoms with E-state index in [-0.39, 0.29) is 6.04 Å². The van der Waals surface area contributed by atoms with Gasteiger partial charge in [-0.2, -0.15) is 0 Å². The molecule has 38 heavy (non-hydrogen) atoms. The summed E-state index contributed by atoms with van der Waals surface area (Å²) in [6, 6.07) is 37.8. The zero-order chi connectivity index (χ0) is 25.1. The first-order valence-electron chi connectivity index (χ1n) is 12.8. The molecule has 1 atom stereocenters. The Hall–Kier alpha value is -5.16. The van der Waals surface area contributed by atoms with Crippen molar-refractivity contribution < 1.29 is 0 Å². The number of aromatic nitrogens is 4. The molecule has 7 aromatic rings. The van der Waals surface area contributed by atoms with Gasteiger partial charge in [-0.15, -0.1) is 0 Å². The molecular weight excluding hydrogens is 466 g/mol. The lowest BCUT2D eigenvalue weighted by Crippen LogP contribution is -2.15. The fraction of sp³-hybridized carbons (Fsp3) is 0.0303. The number of benzene rings is 3. The maximum absolute atomic E-state index is 5.13. The third kappa shape index (κ3) is 3.26. The smallest absolute Gasteiger partial charge is 0.140 e. The molecule has 1 aliphatic rings. The minimum absolute atomic E-state index is 0.00345. The predicted molar refractivity (Wildman–Crippen MR) is 155 cm³/mol. The second-order valence-electron chi connectivity index (χ2n) is 9.68. The summed E-state index contributed by atoms with van der Waals surface area (Å²) >= 11 is 0. The second kappa shape index (κ2) is 8.18. The van der Waals surface area contributed by atoms with Gasteiger partial charge in [-0.05, 0) is 54.1 Å². The molecule has 5 nitrogen and oxygen atoms in total. The van der Waals surface area contributed by atoms with Gasteiger partial charge < -0.3 is 14.7 Å². The zero-order valence-electron chi connectivity index (χ0n) is 20.5. The van der Waals surface area contributed by atoms with Crippen molar-refractivity contribution in [2.75, 3.05) is 5.32 Å². The van der Waals surface area contributed by atoms with Gasteiger partial charge in [0.15, 0.2) is 0 Å². The van der Waals surface area contributed by atoms with Crippen LogP contribution in [0.25, 0.3) is 56.3 Å². The average molecular weight is 490 g/mol. The highest BCUT2D eigenvalue weighted by Gasteiger charge is 2.23. The minimum Gasteiger partial charge on any atom is -0.373 e. The van der Waals surface area contributed by atoms with Gasteiger partial charge in [0.1, 0.15) is 5.82 Å². The highest BCUT2D eigenvalue weighted by atomic mass is 15.0. The molecule has 0 aliphatic carbocycles. The van der Waals surface area contributed by atoms with Gasteiger partial charge in [0, 0.05) is 27.8 Å². The van der Waals surface area contributed by atoms with Crippen molar-refractivity contribution in [2.45, 2.75) is 6.04 Å². The molecule has 0 saturated heterocycles. The van der Waals surface area contributed by atoms with E-state index in [1.807, 2.05) is 30.3 Å². The quantitative estimate of drug-likeness (QED) is 0.265. The van der Waals surface area contributed by atoms with Crippen LogP contribution in [0.5, 0.6) is 0 Å². The Morgan fingerprint density at radius 1 is 0.711 bits per heavy atom. The molecule has 0 bridgehead atoms. The lowest BCUT2D eigenvalue weighted by Gasteiger charge is -2.24. The summed E-state index contributed by atoms with van der Waals surface area (Å²) in [4.78, 5) is 13.7. The molecule has 1 unspecified atom stereocenters. The number of nitrogens with zero attached hydrogens (tertiary/aromatic N) is 3. The van der Waals surface area contributed by atoms with E-state index in [4.69, 9.17) is 9.97 Å². The van der Waals surface area contributed by atoms with E-state index in [0.717, 1.165) is 61.6 Å². The lowest BCUT2D eigenvalue weighted by molar-refractivity contribution is 0.890. The third-order valence-corrected chi connectivity index (χ3v) is 7.37. The summed E-state index contributed by atoms with van der Waals surface area (Å²) in [5.41, 5.74) is 10.5. The van der Waals surface area contributed by atoms with Crippen molar-refractivity contribution >= 4 is 39.2 Å². The van der Waals surface area contributed by atoms with Crippen LogP contribution in [-0.4, -0.2) is 19.4 Å². The van der Waals surface area contributed by atoms with Gasteiger partial charge in [0.2, 0.25) is 0 Å². The van der Waals surface area contributed by atoms with E-state index >= 15 is 0 Å². The fourth-order valence-corrected chi connectivity index (χ4v) is 5.57. The normalized spacial score (nSPS) is 14.7. The van der Waals surface area contributed by atoms with E-state index in [9.17, 15) is 0 Å². The lowest BCUT2D eigenvalue weighted by atomic mass is 10.0. The standard InChI is InChI=1S/C33H23N5/c1-3-11-25-21(8-1)16-18-29(34-25)31-15-7-10-23-20-24(33-36-27-13-5-6-14-28(27)37-33)32(38(23)31)30-19-17-22-9-2-4-12-26(22)35-30/h1-20,29,34H,(H,36,37). The van der Waals surface area contributed by atoms with Crippen molar-refractivity contribution in [2.24, 2.45) is 0 Å². The van der Waals surface area contributed by atoms with Gasteiger partial charge in [-0.3, -0.25) is 0 Å². The van der Waals surface area contributed by atoms with Gasteiger partial charge in [-0.25, -0.2) is 9.97 Å². The molecule has 1 aliphatic heterocycles. The van der Waals surface area contributed by atoms with E-state index in [1.54, 1.807) is 0 Å². The molecule has 2 N–H and O–H groups in total. The van der Waals surface area contributed by atoms with Crippen LogP contribution in [-0.2, 0) is 0 Å². The highest BCUT2D eigenvalue weighted by molar-refractivity contribution is 5.90. The largest absolute Gasteiger partial charge is 0.373 e. The van der Waals surface area contributed by atoms with Gasteiger partial charge >= 0.3 is 0 Å². The van der Waals surface area contributed by atoms with Crippen LogP contribution < -0.4 is 5.32 Å². The number of hydrogen-bond donors (Lipinski definition) is 2. The molecule has 4 aromatic heterocycles. The number of aromatic amines is 1. The first kappa shape index (κ1) is 21.0. The van der Waals surface area contributed by atoms with E-state index in [1.165, 1.54) is 5.56 Å². The van der Waals surface area contributed by atoms with Crippen molar-refractivity contribution in [3.05, 3.63) is 127 Å². The molecule has 0 saturated carbocycles. The summed E-state index contributed by atoms with van der Waals surface area (Å²) in [5.74, 6) is 0.836. The molecule has 180 valence electrons.